The lowest BCUT2D eigenvalue weighted by atomic mass is 10.1. The number of anilines is 2. The molecule has 3 rings (SSSR count). The normalized spacial score (nSPS) is 10.4. The van der Waals surface area contributed by atoms with E-state index in [2.05, 4.69) is 5.32 Å². The highest BCUT2D eigenvalue weighted by molar-refractivity contribution is 7.99. The fraction of sp³-hybridized carbons (Fsp3) is 0.0476. The number of carbonyl (C=O) groups excluding carboxylic acids is 1. The van der Waals surface area contributed by atoms with Crippen molar-refractivity contribution in [3.63, 3.8) is 0 Å². The van der Waals surface area contributed by atoms with E-state index in [0.29, 0.717) is 26.7 Å². The highest BCUT2D eigenvalue weighted by Crippen LogP contribution is 2.34. The number of rotatable bonds is 7. The van der Waals surface area contributed by atoms with Crippen LogP contribution in [0.4, 0.5) is 17.1 Å². The Kier molecular flexibility index (Phi) is 6.41. The third-order valence-electron chi connectivity index (χ3n) is 4.22. The van der Waals surface area contributed by atoms with Crippen molar-refractivity contribution >= 4 is 40.7 Å². The van der Waals surface area contributed by atoms with Gasteiger partial charge in [0, 0.05) is 27.6 Å². The minimum atomic E-state index is -1.11. The zero-order valence-corrected chi connectivity index (χ0v) is 17.0. The van der Waals surface area contributed by atoms with Crippen molar-refractivity contribution in [3.8, 4) is 5.75 Å². The molecule has 0 aliphatic rings. The molecule has 3 aromatic rings. The van der Waals surface area contributed by atoms with Crippen LogP contribution in [0.2, 0.25) is 0 Å². The number of benzene rings is 3. The maximum Gasteiger partial charge on any atom is 0.335 e. The van der Waals surface area contributed by atoms with Crippen LogP contribution in [0.1, 0.15) is 20.7 Å². The maximum atomic E-state index is 12.9. The summed E-state index contributed by atoms with van der Waals surface area (Å²) in [6, 6.07) is 14.8. The van der Waals surface area contributed by atoms with E-state index < -0.39 is 16.8 Å². The number of carbonyl (C=O) groups is 2. The zero-order valence-electron chi connectivity index (χ0n) is 16.2. The third-order valence-corrected chi connectivity index (χ3v) is 5.29. The van der Waals surface area contributed by atoms with Crippen LogP contribution in [0.25, 0.3) is 0 Å². The number of ether oxygens (including phenoxy) is 1. The smallest absolute Gasteiger partial charge is 0.335 e. The second kappa shape index (κ2) is 9.18. The monoisotopic (exact) mass is 439 g/mol. The number of non-ortho nitro benzene ring substituents is 1. The summed E-state index contributed by atoms with van der Waals surface area (Å²) in [6.45, 7) is 0. The van der Waals surface area contributed by atoms with Crippen molar-refractivity contribution in [3.05, 3.63) is 81.9 Å². The van der Waals surface area contributed by atoms with E-state index in [0.717, 1.165) is 0 Å². The molecule has 10 heteroatoms. The van der Waals surface area contributed by atoms with Crippen molar-refractivity contribution in [2.45, 2.75) is 9.79 Å². The Bertz CT molecular complexity index is 1160. The Balaban J connectivity index is 1.88. The molecule has 0 saturated carbocycles. The van der Waals surface area contributed by atoms with Gasteiger partial charge in [0.25, 0.3) is 11.6 Å². The van der Waals surface area contributed by atoms with Gasteiger partial charge < -0.3 is 20.9 Å². The van der Waals surface area contributed by atoms with E-state index in [1.807, 2.05) is 0 Å². The number of nitrogen functional groups attached to an aromatic ring is 1. The van der Waals surface area contributed by atoms with E-state index in [1.165, 1.54) is 49.2 Å². The van der Waals surface area contributed by atoms with Gasteiger partial charge in [-0.05, 0) is 48.5 Å². The van der Waals surface area contributed by atoms with Crippen molar-refractivity contribution in [2.24, 2.45) is 0 Å². The van der Waals surface area contributed by atoms with E-state index in [9.17, 15) is 19.7 Å². The number of nitrogens with zero attached hydrogens (tertiary/aromatic N) is 1. The van der Waals surface area contributed by atoms with Gasteiger partial charge in [-0.3, -0.25) is 14.9 Å². The number of methoxy groups -OCH3 is 1. The van der Waals surface area contributed by atoms with Gasteiger partial charge in [0.1, 0.15) is 5.75 Å². The molecule has 0 fully saturated rings. The van der Waals surface area contributed by atoms with Crippen molar-refractivity contribution in [1.29, 1.82) is 0 Å². The van der Waals surface area contributed by atoms with Crippen LogP contribution in [-0.4, -0.2) is 29.0 Å². The van der Waals surface area contributed by atoms with Crippen LogP contribution < -0.4 is 15.8 Å². The van der Waals surface area contributed by atoms with Crippen LogP contribution in [-0.2, 0) is 0 Å². The minimum Gasteiger partial charge on any atom is -0.495 e. The van der Waals surface area contributed by atoms with Crippen LogP contribution >= 0.6 is 11.8 Å². The van der Waals surface area contributed by atoms with Gasteiger partial charge in [-0.15, -0.1) is 0 Å². The Morgan fingerprint density at radius 3 is 2.42 bits per heavy atom. The molecule has 0 aromatic heterocycles. The number of nitrogens with two attached hydrogens (primary N) is 1. The highest BCUT2D eigenvalue weighted by atomic mass is 32.2. The topological polar surface area (TPSA) is 145 Å². The van der Waals surface area contributed by atoms with Crippen LogP contribution in [0, 0.1) is 10.1 Å². The summed E-state index contributed by atoms with van der Waals surface area (Å²) in [4.78, 5) is 35.7. The Hall–Kier alpha value is -4.05. The number of aromatic carboxylic acids is 1. The molecule has 3 aromatic carbocycles. The molecule has 158 valence electrons. The first-order valence-corrected chi connectivity index (χ1v) is 9.64. The number of carboxylic acids is 1. The molecular formula is C21H17N3O6S. The molecule has 0 bridgehead atoms. The molecule has 0 aliphatic heterocycles. The fourth-order valence-electron chi connectivity index (χ4n) is 2.69. The van der Waals surface area contributed by atoms with Gasteiger partial charge >= 0.3 is 5.97 Å². The van der Waals surface area contributed by atoms with Crippen LogP contribution in [0.15, 0.2) is 70.5 Å². The van der Waals surface area contributed by atoms with E-state index in [1.54, 1.807) is 30.3 Å². The predicted molar refractivity (Wildman–Crippen MR) is 116 cm³/mol. The summed E-state index contributed by atoms with van der Waals surface area (Å²) in [5.41, 5.74) is 6.94. The number of hydrogen-bond donors (Lipinski definition) is 3. The molecule has 0 heterocycles. The largest absolute Gasteiger partial charge is 0.495 e. The number of nitro groups is 1. The molecular weight excluding hydrogens is 422 g/mol. The first-order chi connectivity index (χ1) is 14.8. The zero-order chi connectivity index (χ0) is 22.5. The van der Waals surface area contributed by atoms with E-state index >= 15 is 0 Å². The summed E-state index contributed by atoms with van der Waals surface area (Å²) in [7, 11) is 1.37. The lowest BCUT2D eigenvalue weighted by Gasteiger charge is -2.13. The molecule has 4 N–H and O–H groups in total. The average Bonchev–Trinajstić information content (AvgIpc) is 2.74. The summed E-state index contributed by atoms with van der Waals surface area (Å²) in [5.74, 6) is -1.37. The lowest BCUT2D eigenvalue weighted by Crippen LogP contribution is -2.14. The van der Waals surface area contributed by atoms with Crippen molar-refractivity contribution in [2.75, 3.05) is 18.2 Å². The summed E-state index contributed by atoms with van der Waals surface area (Å²) in [6.07, 6.45) is 0. The van der Waals surface area contributed by atoms with Gasteiger partial charge in [0.05, 0.1) is 28.8 Å². The standard InChI is InChI=1S/C21H17N3O6S/c1-30-18-10-12(21(26)27)2-9-17(18)23-20(25)16-8-3-13(22)11-19(16)31-15-6-4-14(5-7-15)24(28)29/h2-11H,22H2,1H3,(H,23,25)(H,26,27). The molecule has 0 radical (unpaired) electrons. The molecule has 0 atom stereocenters. The Morgan fingerprint density at radius 2 is 1.81 bits per heavy atom. The van der Waals surface area contributed by atoms with E-state index in [-0.39, 0.29) is 17.0 Å². The summed E-state index contributed by atoms with van der Waals surface area (Å²) < 4.78 is 5.19. The van der Waals surface area contributed by atoms with Crippen molar-refractivity contribution < 1.29 is 24.4 Å². The Morgan fingerprint density at radius 1 is 1.10 bits per heavy atom. The number of amides is 1. The van der Waals surface area contributed by atoms with Gasteiger partial charge in [-0.2, -0.15) is 0 Å². The molecule has 9 nitrogen and oxygen atoms in total. The molecule has 0 saturated heterocycles. The quantitative estimate of drug-likeness (QED) is 0.281. The first kappa shape index (κ1) is 21.7. The molecule has 0 unspecified atom stereocenters. The van der Waals surface area contributed by atoms with Crippen molar-refractivity contribution in [1.82, 2.24) is 0 Å². The Labute approximate surface area is 181 Å². The fourth-order valence-corrected chi connectivity index (χ4v) is 3.68. The number of carboxylic acid groups (broad SMARTS) is 1. The molecule has 1 amide bonds. The van der Waals surface area contributed by atoms with Crippen LogP contribution in [0.5, 0.6) is 5.75 Å². The third kappa shape index (κ3) is 5.11. The maximum absolute atomic E-state index is 12.9. The van der Waals surface area contributed by atoms with E-state index in [4.69, 9.17) is 15.6 Å². The number of hydrogen-bond acceptors (Lipinski definition) is 7. The van der Waals surface area contributed by atoms with Gasteiger partial charge in [0.2, 0.25) is 0 Å². The van der Waals surface area contributed by atoms with Gasteiger partial charge in [0.15, 0.2) is 0 Å². The number of nitrogens with one attached hydrogen (secondary N) is 1. The highest BCUT2D eigenvalue weighted by Gasteiger charge is 2.17. The SMILES string of the molecule is COc1cc(C(=O)O)ccc1NC(=O)c1ccc(N)cc1Sc1ccc([N+](=O)[O-])cc1. The summed E-state index contributed by atoms with van der Waals surface area (Å²) >= 11 is 1.23. The van der Waals surface area contributed by atoms with Gasteiger partial charge in [-0.1, -0.05) is 11.8 Å². The second-order valence-electron chi connectivity index (χ2n) is 6.28. The van der Waals surface area contributed by atoms with Crippen LogP contribution in [0.3, 0.4) is 0 Å². The molecule has 0 spiro atoms. The number of nitro benzene ring substituents is 1. The second-order valence-corrected chi connectivity index (χ2v) is 7.40. The minimum absolute atomic E-state index is 0.0248. The molecule has 0 aliphatic carbocycles. The van der Waals surface area contributed by atoms with Gasteiger partial charge in [-0.25, -0.2) is 4.79 Å². The first-order valence-electron chi connectivity index (χ1n) is 8.83. The lowest BCUT2D eigenvalue weighted by molar-refractivity contribution is -0.384. The predicted octanol–water partition coefficient (Wildman–Crippen LogP) is 4.29. The molecule has 31 heavy (non-hydrogen) atoms. The summed E-state index contributed by atoms with van der Waals surface area (Å²) in [5, 5.41) is 22.7. The average molecular weight is 439 g/mol.